The van der Waals surface area contributed by atoms with Gasteiger partial charge in [0.1, 0.15) is 0 Å². The Balaban J connectivity index is 1.49. The molecule has 1 aliphatic carbocycles. The second-order valence-corrected chi connectivity index (χ2v) is 6.43. The van der Waals surface area contributed by atoms with Gasteiger partial charge in [-0.3, -0.25) is 10.1 Å². The highest BCUT2D eigenvalue weighted by atomic mass is 16.5. The number of hydrogen-bond donors (Lipinski definition) is 2. The van der Waals surface area contributed by atoms with Crippen molar-refractivity contribution in [2.45, 2.75) is 31.9 Å². The lowest BCUT2D eigenvalue weighted by Crippen LogP contribution is -2.45. The van der Waals surface area contributed by atoms with Gasteiger partial charge in [0, 0.05) is 24.8 Å². The summed E-state index contributed by atoms with van der Waals surface area (Å²) in [6.45, 7) is 4.42. The van der Waals surface area contributed by atoms with Gasteiger partial charge in [-0.15, -0.1) is 0 Å². The zero-order valence-corrected chi connectivity index (χ0v) is 14.7. The van der Waals surface area contributed by atoms with Crippen LogP contribution in [0.15, 0.2) is 24.3 Å². The number of nitrogens with one attached hydrogen (secondary N) is 2. The molecular weight excluding hydrogens is 338 g/mol. The average Bonchev–Trinajstić information content (AvgIpc) is 3.46. The van der Waals surface area contributed by atoms with E-state index in [4.69, 9.17) is 9.47 Å². The Morgan fingerprint density at radius 1 is 1.15 bits per heavy atom. The number of rotatable bonds is 5. The smallest absolute Gasteiger partial charge is 0.338 e. The van der Waals surface area contributed by atoms with E-state index >= 15 is 0 Å². The fraction of sp³-hybridized carbons (Fsp3) is 0.500. The Bertz CT molecular complexity index is 666. The first-order chi connectivity index (χ1) is 12.5. The lowest BCUT2D eigenvalue weighted by molar-refractivity contribution is -0.127. The standard InChI is InChI=1S/C18H23N3O5/c1-12(16(22)20-18(24)19-14-4-5-14)26-17(23)13-2-6-15(7-3-13)21-8-10-25-11-9-21/h2-3,6-7,12,14H,4-5,8-11H2,1H3,(H2,19,20,22,24)/t12-/m1/s1. The fourth-order valence-corrected chi connectivity index (χ4v) is 2.57. The molecule has 1 atom stereocenters. The molecule has 1 saturated heterocycles. The third-order valence-electron chi connectivity index (χ3n) is 4.28. The Labute approximate surface area is 151 Å². The van der Waals surface area contributed by atoms with Gasteiger partial charge in [-0.1, -0.05) is 0 Å². The van der Waals surface area contributed by atoms with Crippen molar-refractivity contribution in [2.75, 3.05) is 31.2 Å². The fourth-order valence-electron chi connectivity index (χ4n) is 2.57. The molecule has 0 unspecified atom stereocenters. The van der Waals surface area contributed by atoms with Gasteiger partial charge in [0.25, 0.3) is 5.91 Å². The van der Waals surface area contributed by atoms with E-state index in [1.807, 2.05) is 12.1 Å². The minimum atomic E-state index is -1.06. The number of ether oxygens (including phenoxy) is 2. The quantitative estimate of drug-likeness (QED) is 0.761. The van der Waals surface area contributed by atoms with E-state index in [2.05, 4.69) is 15.5 Å². The number of amides is 3. The van der Waals surface area contributed by atoms with E-state index in [0.717, 1.165) is 31.6 Å². The van der Waals surface area contributed by atoms with Crippen LogP contribution in [0.1, 0.15) is 30.1 Å². The van der Waals surface area contributed by atoms with Crippen LogP contribution in [0.4, 0.5) is 10.5 Å². The minimum absolute atomic E-state index is 0.144. The minimum Gasteiger partial charge on any atom is -0.449 e. The Morgan fingerprint density at radius 2 is 1.81 bits per heavy atom. The topological polar surface area (TPSA) is 97.0 Å². The Kier molecular flexibility index (Phi) is 5.72. The van der Waals surface area contributed by atoms with Crippen LogP contribution in [0.5, 0.6) is 0 Å². The molecule has 0 aromatic heterocycles. The largest absolute Gasteiger partial charge is 0.449 e. The van der Waals surface area contributed by atoms with Crippen LogP contribution >= 0.6 is 0 Å². The third kappa shape index (κ3) is 4.95. The normalized spacial score (nSPS) is 18.0. The van der Waals surface area contributed by atoms with Crippen molar-refractivity contribution in [3.8, 4) is 0 Å². The van der Waals surface area contributed by atoms with Crippen molar-refractivity contribution in [2.24, 2.45) is 0 Å². The molecule has 0 spiro atoms. The van der Waals surface area contributed by atoms with Crippen molar-refractivity contribution >= 4 is 23.6 Å². The maximum atomic E-state index is 12.2. The lowest BCUT2D eigenvalue weighted by Gasteiger charge is -2.28. The summed E-state index contributed by atoms with van der Waals surface area (Å²) in [5.41, 5.74) is 1.36. The van der Waals surface area contributed by atoms with Gasteiger partial charge in [-0.25, -0.2) is 9.59 Å². The SMILES string of the molecule is C[C@@H](OC(=O)c1ccc(N2CCOCC2)cc1)C(=O)NC(=O)NC1CC1. The highest BCUT2D eigenvalue weighted by Gasteiger charge is 2.26. The van der Waals surface area contributed by atoms with Gasteiger partial charge >= 0.3 is 12.0 Å². The first-order valence-corrected chi connectivity index (χ1v) is 8.78. The number of benzene rings is 1. The predicted octanol–water partition coefficient (Wildman–Crippen LogP) is 1.06. The molecule has 140 valence electrons. The van der Waals surface area contributed by atoms with Crippen molar-refractivity contribution in [1.29, 1.82) is 0 Å². The monoisotopic (exact) mass is 361 g/mol. The van der Waals surface area contributed by atoms with Crippen LogP contribution in [-0.2, 0) is 14.3 Å². The molecule has 1 aromatic rings. The van der Waals surface area contributed by atoms with Crippen LogP contribution < -0.4 is 15.5 Å². The van der Waals surface area contributed by atoms with Gasteiger partial charge in [0.05, 0.1) is 18.8 Å². The summed E-state index contributed by atoms with van der Waals surface area (Å²) < 4.78 is 10.5. The zero-order valence-electron chi connectivity index (χ0n) is 14.7. The molecule has 2 aliphatic rings. The summed E-state index contributed by atoms with van der Waals surface area (Å²) in [7, 11) is 0. The molecule has 2 fully saturated rings. The van der Waals surface area contributed by atoms with Crippen molar-refractivity contribution in [1.82, 2.24) is 10.6 Å². The summed E-state index contributed by atoms with van der Waals surface area (Å²) in [4.78, 5) is 37.8. The Morgan fingerprint density at radius 3 is 2.42 bits per heavy atom. The number of carbonyl (C=O) groups is 3. The highest BCUT2D eigenvalue weighted by Crippen LogP contribution is 2.18. The Hall–Kier alpha value is -2.61. The molecule has 3 rings (SSSR count). The number of nitrogens with zero attached hydrogens (tertiary/aromatic N) is 1. The van der Waals surface area contributed by atoms with Crippen molar-refractivity contribution < 1.29 is 23.9 Å². The number of carbonyl (C=O) groups excluding carboxylic acids is 3. The molecular formula is C18H23N3O5. The van der Waals surface area contributed by atoms with Crippen LogP contribution in [0.25, 0.3) is 0 Å². The van der Waals surface area contributed by atoms with Crippen LogP contribution in [0.3, 0.4) is 0 Å². The maximum absolute atomic E-state index is 12.2. The molecule has 26 heavy (non-hydrogen) atoms. The first-order valence-electron chi connectivity index (χ1n) is 8.78. The summed E-state index contributed by atoms with van der Waals surface area (Å²) in [5.74, 6) is -1.26. The average molecular weight is 361 g/mol. The molecule has 8 heteroatoms. The molecule has 1 aromatic carbocycles. The van der Waals surface area contributed by atoms with Crippen LogP contribution in [0, 0.1) is 0 Å². The molecule has 0 radical (unpaired) electrons. The third-order valence-corrected chi connectivity index (χ3v) is 4.28. The molecule has 8 nitrogen and oxygen atoms in total. The lowest BCUT2D eigenvalue weighted by atomic mass is 10.2. The van der Waals surface area contributed by atoms with Crippen LogP contribution in [-0.4, -0.2) is 56.4 Å². The van der Waals surface area contributed by atoms with Gasteiger partial charge in [-0.2, -0.15) is 0 Å². The maximum Gasteiger partial charge on any atom is 0.338 e. The van der Waals surface area contributed by atoms with E-state index in [9.17, 15) is 14.4 Å². The molecule has 1 aliphatic heterocycles. The van der Waals surface area contributed by atoms with E-state index in [1.54, 1.807) is 12.1 Å². The zero-order chi connectivity index (χ0) is 18.5. The van der Waals surface area contributed by atoms with Crippen LogP contribution in [0.2, 0.25) is 0 Å². The van der Waals surface area contributed by atoms with E-state index < -0.39 is 24.0 Å². The molecule has 3 amide bonds. The second kappa shape index (κ2) is 8.18. The van der Waals surface area contributed by atoms with Gasteiger partial charge in [-0.05, 0) is 44.0 Å². The predicted molar refractivity (Wildman–Crippen MR) is 94.0 cm³/mol. The number of hydrogen-bond acceptors (Lipinski definition) is 6. The molecule has 1 heterocycles. The van der Waals surface area contributed by atoms with E-state index in [-0.39, 0.29) is 6.04 Å². The van der Waals surface area contributed by atoms with E-state index in [1.165, 1.54) is 6.92 Å². The highest BCUT2D eigenvalue weighted by molar-refractivity contribution is 5.98. The van der Waals surface area contributed by atoms with Crippen molar-refractivity contribution in [3.05, 3.63) is 29.8 Å². The summed E-state index contributed by atoms with van der Waals surface area (Å²) >= 11 is 0. The number of imide groups is 1. The number of morpholine rings is 1. The number of urea groups is 1. The first kappa shape index (κ1) is 18.2. The van der Waals surface area contributed by atoms with Crippen molar-refractivity contribution in [3.63, 3.8) is 0 Å². The summed E-state index contributed by atoms with van der Waals surface area (Å²) in [6, 6.07) is 6.60. The van der Waals surface area contributed by atoms with Gasteiger partial charge < -0.3 is 19.7 Å². The van der Waals surface area contributed by atoms with Gasteiger partial charge in [0.2, 0.25) is 0 Å². The number of esters is 1. The molecule has 1 saturated carbocycles. The molecule has 0 bridgehead atoms. The summed E-state index contributed by atoms with van der Waals surface area (Å²) in [5, 5.41) is 4.81. The van der Waals surface area contributed by atoms with Gasteiger partial charge in [0.15, 0.2) is 6.10 Å². The number of anilines is 1. The molecule has 2 N–H and O–H groups in total. The van der Waals surface area contributed by atoms with E-state index in [0.29, 0.717) is 18.8 Å². The second-order valence-electron chi connectivity index (χ2n) is 6.43. The summed E-state index contributed by atoms with van der Waals surface area (Å²) in [6.07, 6.45) is 0.783.